The number of fused-ring (bicyclic) bond motifs is 3. The zero-order valence-corrected chi connectivity index (χ0v) is 95.6. The molecule has 11 aromatic rings. The fourth-order valence-electron chi connectivity index (χ4n) is 19.7. The number of ether oxygens (including phenoxy) is 4. The lowest BCUT2D eigenvalue weighted by atomic mass is 9.65. The maximum Gasteiger partial charge on any atom is 0.125 e. The molecule has 0 aromatic heterocycles. The predicted octanol–water partition coefficient (Wildman–Crippen LogP) is 37.2. The summed E-state index contributed by atoms with van der Waals surface area (Å²) in [6.45, 7) is 118. The lowest BCUT2D eigenvalue weighted by Crippen LogP contribution is -2.24. The fraction of sp³-hybridized carbons (Fsp3) is 0.508. The summed E-state index contributed by atoms with van der Waals surface area (Å²) < 4.78 is 25.0. The van der Waals surface area contributed by atoms with E-state index >= 15 is 0 Å². The number of rotatable bonds is 15. The molecule has 0 amide bonds. The van der Waals surface area contributed by atoms with Crippen molar-refractivity contribution in [3.8, 4) is 34.1 Å². The van der Waals surface area contributed by atoms with E-state index in [0.717, 1.165) is 105 Å². The molecule has 0 fully saturated rings. The summed E-state index contributed by atoms with van der Waals surface area (Å²) in [6.07, 6.45) is 6.59. The minimum Gasteiger partial charge on any atom is -0.493 e. The van der Waals surface area contributed by atoms with Crippen LogP contribution in [-0.4, -0.2) is 26.4 Å². The Balaban J connectivity index is 0.000000269. The number of benzene rings is 11. The third-order valence-corrected chi connectivity index (χ3v) is 34.5. The zero-order chi connectivity index (χ0) is 101. The molecule has 12 rings (SSSR count). The van der Waals surface area contributed by atoms with Gasteiger partial charge in [-0.1, -0.05) is 82.4 Å². The third-order valence-electron chi connectivity index (χ3n) is 33.3. The molecule has 0 spiro atoms. The summed E-state index contributed by atoms with van der Waals surface area (Å²) in [7, 11) is 0. The summed E-state index contributed by atoms with van der Waals surface area (Å²) in [6, 6.07) is 4.67. The summed E-state index contributed by atoms with van der Waals surface area (Å²) in [5.41, 5.74) is 76.9. The van der Waals surface area contributed by atoms with Gasteiger partial charge in [-0.3, -0.25) is 0 Å². The molecule has 0 heterocycles. The fourth-order valence-corrected chi connectivity index (χ4v) is 20.3. The quantitative estimate of drug-likeness (QED) is 0.0819. The van der Waals surface area contributed by atoms with Crippen molar-refractivity contribution in [1.82, 2.24) is 0 Å². The van der Waals surface area contributed by atoms with E-state index in [0.29, 0.717) is 0 Å². The normalized spacial score (nSPS) is 12.3. The van der Waals surface area contributed by atoms with E-state index in [9.17, 15) is 0 Å². The van der Waals surface area contributed by atoms with Crippen molar-refractivity contribution in [2.45, 2.75) is 410 Å². The van der Waals surface area contributed by atoms with Crippen molar-refractivity contribution in [3.05, 3.63) is 284 Å². The van der Waals surface area contributed by atoms with E-state index in [2.05, 4.69) is 388 Å². The van der Waals surface area contributed by atoms with Crippen molar-refractivity contribution < 1.29 is 18.9 Å². The highest BCUT2D eigenvalue weighted by molar-refractivity contribution is 9.10. The summed E-state index contributed by atoms with van der Waals surface area (Å²) in [5.74, 6) is 5.71. The van der Waals surface area contributed by atoms with E-state index < -0.39 is 0 Å². The van der Waals surface area contributed by atoms with Crippen LogP contribution in [0, 0.1) is 318 Å². The summed E-state index contributed by atoms with van der Waals surface area (Å²) >= 11 is 3.61. The molecule has 0 saturated heterocycles. The van der Waals surface area contributed by atoms with Gasteiger partial charge in [0.2, 0.25) is 0 Å². The first-order valence-electron chi connectivity index (χ1n) is 49.7. The van der Waals surface area contributed by atoms with E-state index in [-0.39, 0.29) is 0 Å². The van der Waals surface area contributed by atoms with Crippen molar-refractivity contribution in [2.75, 3.05) is 32.2 Å². The molecule has 1 aliphatic carbocycles. The third kappa shape index (κ3) is 23.6. The summed E-state index contributed by atoms with van der Waals surface area (Å²) in [5, 5.41) is 5.81. The van der Waals surface area contributed by atoms with E-state index in [1.54, 1.807) is 11.1 Å². The van der Waals surface area contributed by atoms with Gasteiger partial charge in [0.1, 0.15) is 23.0 Å². The van der Waals surface area contributed by atoms with Crippen LogP contribution >= 0.6 is 15.9 Å². The van der Waals surface area contributed by atoms with Gasteiger partial charge in [0.05, 0.1) is 26.4 Å². The lowest BCUT2D eigenvalue weighted by Gasteiger charge is -2.40. The van der Waals surface area contributed by atoms with Crippen LogP contribution in [0.1, 0.15) is 359 Å². The number of hydrogen-bond donors (Lipinski definition) is 1. The highest BCUT2D eigenvalue weighted by atomic mass is 79.9. The molecule has 6 heteroatoms. The van der Waals surface area contributed by atoms with Crippen LogP contribution in [0.25, 0.3) is 32.7 Å². The minimum absolute atomic E-state index is 0.767. The smallest absolute Gasteiger partial charge is 0.125 e. The SMILES string of the molecule is CCCCOc1c(C)c(C)c(OCCCC)c(C)c1C.CCCOc1c(C)c(C)c(OCCC)c(C)c1C.Cc1c(C)c(C)c(-c2c(C)c(C)c(C)c(C)c2C)c(C)c1C.Cc1c(C)c(C)c(Br)c(C)c1C.Cc1c(C)c(C)c(N)c(C)c1C.Cc1c(C)c(C)c2c(C)c(C)c(C)c(C)c2c1C.Cc1c(C)c(C)c2c(c1C)C(C)C2C.Cc1cc2c(C)c(C)c(C)c(C)c2cc1C. The van der Waals surface area contributed by atoms with Crippen molar-refractivity contribution in [2.24, 2.45) is 0 Å². The topological polar surface area (TPSA) is 62.9 Å². The van der Waals surface area contributed by atoms with E-state index in [4.69, 9.17) is 24.7 Å². The van der Waals surface area contributed by atoms with Gasteiger partial charge in [-0.2, -0.15) is 0 Å². The van der Waals surface area contributed by atoms with Crippen molar-refractivity contribution in [3.63, 3.8) is 0 Å². The first-order chi connectivity index (χ1) is 61.3. The molecule has 0 saturated carbocycles. The number of nitrogen functional groups attached to an aromatic ring is 1. The van der Waals surface area contributed by atoms with E-state index in [1.165, 1.54) is 293 Å². The second-order valence-corrected chi connectivity index (χ2v) is 40.8. The maximum absolute atomic E-state index is 5.99. The molecule has 132 heavy (non-hydrogen) atoms. The number of halogens is 1. The number of hydrogen-bond acceptors (Lipinski definition) is 5. The second kappa shape index (κ2) is 48.2. The molecule has 5 nitrogen and oxygen atoms in total. The minimum atomic E-state index is 0.767. The molecular weight excluding hydrogens is 1670 g/mol. The number of unbranched alkanes of at least 4 members (excludes halogenated alkanes) is 2. The van der Waals surface area contributed by atoms with Crippen LogP contribution < -0.4 is 24.7 Å². The molecule has 0 radical (unpaired) electrons. The molecule has 1 aliphatic rings. The first kappa shape index (κ1) is 114. The van der Waals surface area contributed by atoms with Crippen LogP contribution in [0.4, 0.5) is 5.69 Å². The van der Waals surface area contributed by atoms with Gasteiger partial charge < -0.3 is 24.7 Å². The molecule has 0 bridgehead atoms. The average Bonchev–Trinajstić information content (AvgIpc) is 0.710. The standard InChI is InChI=1S/C22H30.C18H30O2.C18H24.C16H26O2.C16H20.C14H20.C11H15Br.C11H17N/c1-11-13(3)17(7)21(18(8)14(11)4)22-19(9)15(5)12(2)16(6)20(22)10;1-7-9-11-19-17-13(3)15(5)18(16(6)14(17)4)20-12-10-8-2;1-9-10(2)14(6)18-16(8)12(4)11(3)15(7)17(18)13(9)5;1-7-9-17-15-11(3)13(5)16(18-10-8-2)14(6)12(15)4;1-9-7-15-13(5)11(3)12(4)14(6)16(15)8-10(9)2;1-7-8(2)10(4)14-12(6)11(5)13(14)9(7)3;2*1-6-7(2)9(4)11(12)10(5)8(6)3/h1-10H3;7-12H2,1-6H3;1-8H3;7-10H2,1-6H3;7-8H,1-6H3;11-12H,1-6H3;1-5H3;12H2,1-5H3. The Kier molecular flexibility index (Phi) is 41.6. The van der Waals surface area contributed by atoms with Gasteiger partial charge >= 0.3 is 0 Å². The Bertz CT molecular complexity index is 5350. The van der Waals surface area contributed by atoms with Gasteiger partial charge in [-0.15, -0.1) is 0 Å². The molecule has 2 atom stereocenters. The van der Waals surface area contributed by atoms with E-state index in [1.807, 2.05) is 0 Å². The molecular formula is C126H182BrNO4. The molecule has 11 aromatic carbocycles. The molecule has 722 valence electrons. The van der Waals surface area contributed by atoms with Gasteiger partial charge in [0, 0.05) is 10.2 Å². The predicted molar refractivity (Wildman–Crippen MR) is 591 cm³/mol. The average molecular weight is 1850 g/mol. The van der Waals surface area contributed by atoms with Gasteiger partial charge in [-0.25, -0.2) is 0 Å². The lowest BCUT2D eigenvalue weighted by molar-refractivity contribution is 0.294. The van der Waals surface area contributed by atoms with Crippen LogP contribution in [0.15, 0.2) is 16.6 Å². The van der Waals surface area contributed by atoms with Gasteiger partial charge in [0.25, 0.3) is 0 Å². The molecule has 2 N–H and O–H groups in total. The Morgan fingerprint density at radius 1 is 0.212 bits per heavy atom. The van der Waals surface area contributed by atoms with Crippen molar-refractivity contribution >= 4 is 43.2 Å². The number of nitrogens with two attached hydrogens (primary N) is 1. The Labute approximate surface area is 816 Å². The zero-order valence-electron chi connectivity index (χ0n) is 94.0. The van der Waals surface area contributed by atoms with Crippen molar-refractivity contribution in [1.29, 1.82) is 0 Å². The second-order valence-electron chi connectivity index (χ2n) is 40.0. The highest BCUT2D eigenvalue weighted by Gasteiger charge is 2.35. The van der Waals surface area contributed by atoms with Gasteiger partial charge in [0.15, 0.2) is 0 Å². The van der Waals surface area contributed by atoms with Gasteiger partial charge in [-0.05, 0) is 656 Å². The largest absolute Gasteiger partial charge is 0.493 e. The first-order valence-corrected chi connectivity index (χ1v) is 50.5. The van der Waals surface area contributed by atoms with Crippen LogP contribution in [-0.2, 0) is 0 Å². The summed E-state index contributed by atoms with van der Waals surface area (Å²) in [4.78, 5) is 0. The maximum atomic E-state index is 5.99. The number of aryl methyl sites for hydroxylation is 8. The molecule has 0 aliphatic heterocycles. The Morgan fingerprint density at radius 3 is 0.614 bits per heavy atom. The van der Waals surface area contributed by atoms with Crippen LogP contribution in [0.5, 0.6) is 23.0 Å². The monoisotopic (exact) mass is 1850 g/mol. The Hall–Kier alpha value is -8.58. The van der Waals surface area contributed by atoms with Crippen LogP contribution in [0.3, 0.4) is 0 Å². The Morgan fingerprint density at radius 2 is 0.394 bits per heavy atom. The highest BCUT2D eigenvalue weighted by Crippen LogP contribution is 2.52. The van der Waals surface area contributed by atoms with Crippen LogP contribution in [0.2, 0.25) is 0 Å². The molecule has 2 unspecified atom stereocenters. The number of anilines is 1.